The summed E-state index contributed by atoms with van der Waals surface area (Å²) < 4.78 is 12.1. The van der Waals surface area contributed by atoms with E-state index in [4.69, 9.17) is 26.7 Å². The summed E-state index contributed by atoms with van der Waals surface area (Å²) in [5.41, 5.74) is 19.9. The average molecular weight is 461 g/mol. The highest BCUT2D eigenvalue weighted by atomic mass is 16.5. The number of benzene rings is 3. The summed E-state index contributed by atoms with van der Waals surface area (Å²) >= 11 is 0. The van der Waals surface area contributed by atoms with Gasteiger partial charge in [-0.3, -0.25) is 4.79 Å². The van der Waals surface area contributed by atoms with Crippen LogP contribution in [0.3, 0.4) is 0 Å². The summed E-state index contributed by atoms with van der Waals surface area (Å²) in [7, 11) is 0. The summed E-state index contributed by atoms with van der Waals surface area (Å²) in [6.07, 6.45) is 3.60. The number of amides is 1. The van der Waals surface area contributed by atoms with Gasteiger partial charge >= 0.3 is 0 Å². The van der Waals surface area contributed by atoms with E-state index in [-0.39, 0.29) is 18.0 Å². The lowest BCUT2D eigenvalue weighted by molar-refractivity contribution is 0.0925. The van der Waals surface area contributed by atoms with E-state index in [1.807, 2.05) is 48.5 Å². The zero-order chi connectivity index (χ0) is 23.9. The Morgan fingerprint density at radius 3 is 1.65 bits per heavy atom. The molecule has 0 atom stereocenters. The highest BCUT2D eigenvalue weighted by Gasteiger charge is 2.21. The Morgan fingerprint density at radius 1 is 0.735 bits per heavy atom. The molecule has 4 rings (SSSR count). The van der Waals surface area contributed by atoms with Gasteiger partial charge in [-0.1, -0.05) is 24.3 Å². The maximum absolute atomic E-state index is 13.1. The quantitative estimate of drug-likeness (QED) is 0.399. The first-order valence-corrected chi connectivity index (χ1v) is 11.7. The van der Waals surface area contributed by atoms with Crippen molar-refractivity contribution in [3.63, 3.8) is 0 Å². The Hall–Kier alpha value is -3.39. The van der Waals surface area contributed by atoms with Gasteiger partial charge in [0.1, 0.15) is 23.0 Å². The van der Waals surface area contributed by atoms with Crippen molar-refractivity contribution in [3.8, 4) is 23.0 Å². The minimum atomic E-state index is -0.160. The molecule has 7 nitrogen and oxygen atoms in total. The van der Waals surface area contributed by atoms with Crippen LogP contribution in [0.15, 0.2) is 66.7 Å². The maximum Gasteiger partial charge on any atom is 0.251 e. The summed E-state index contributed by atoms with van der Waals surface area (Å²) in [4.78, 5) is 13.1. The summed E-state index contributed by atoms with van der Waals surface area (Å²) in [5, 5.41) is 3.13. The van der Waals surface area contributed by atoms with E-state index in [9.17, 15) is 4.79 Å². The molecule has 3 aromatic rings. The maximum atomic E-state index is 13.1. The molecule has 0 radical (unpaired) electrons. The Balaban J connectivity index is 1.56. The fourth-order valence-corrected chi connectivity index (χ4v) is 4.01. The van der Waals surface area contributed by atoms with Crippen molar-refractivity contribution in [1.82, 2.24) is 5.32 Å². The predicted octanol–water partition coefficient (Wildman–Crippen LogP) is 4.19. The summed E-state index contributed by atoms with van der Waals surface area (Å²) in [5.74, 6) is 2.15. The number of carbonyl (C=O) groups is 1. The van der Waals surface area contributed by atoms with Gasteiger partial charge in [0.05, 0.1) is 0 Å². The van der Waals surface area contributed by atoms with Gasteiger partial charge in [-0.25, -0.2) is 0 Å². The molecule has 3 aromatic carbocycles. The van der Waals surface area contributed by atoms with Crippen molar-refractivity contribution in [3.05, 3.63) is 83.4 Å². The topological polar surface area (TPSA) is 126 Å². The van der Waals surface area contributed by atoms with Crippen LogP contribution in [0.2, 0.25) is 0 Å². The van der Waals surface area contributed by atoms with Crippen molar-refractivity contribution in [2.45, 2.75) is 50.9 Å². The second-order valence-corrected chi connectivity index (χ2v) is 8.68. The minimum absolute atomic E-state index is 0.119. The molecular formula is C27H32N4O3. The van der Waals surface area contributed by atoms with E-state index in [0.717, 1.165) is 36.8 Å². The van der Waals surface area contributed by atoms with Crippen LogP contribution in [0.1, 0.15) is 47.2 Å². The molecule has 0 aliphatic heterocycles. The van der Waals surface area contributed by atoms with Gasteiger partial charge in [-0.05, 0) is 73.2 Å². The third-order valence-electron chi connectivity index (χ3n) is 6.04. The molecule has 0 aromatic heterocycles. The average Bonchev–Trinajstić information content (AvgIpc) is 2.86. The van der Waals surface area contributed by atoms with Crippen LogP contribution in [-0.2, 0) is 13.1 Å². The van der Waals surface area contributed by atoms with Crippen molar-refractivity contribution in [2.24, 2.45) is 17.2 Å². The number of hydrogen-bond acceptors (Lipinski definition) is 6. The fourth-order valence-electron chi connectivity index (χ4n) is 4.01. The molecule has 34 heavy (non-hydrogen) atoms. The second-order valence-electron chi connectivity index (χ2n) is 8.68. The molecule has 1 aliphatic carbocycles. The monoisotopic (exact) mass is 460 g/mol. The Bertz CT molecular complexity index is 1020. The fraction of sp³-hybridized carbons (Fsp3) is 0.296. The van der Waals surface area contributed by atoms with E-state index in [1.54, 1.807) is 18.2 Å². The third-order valence-corrected chi connectivity index (χ3v) is 6.04. The van der Waals surface area contributed by atoms with Crippen molar-refractivity contribution >= 4 is 5.91 Å². The zero-order valence-electron chi connectivity index (χ0n) is 19.2. The summed E-state index contributed by atoms with van der Waals surface area (Å²) in [6, 6.07) is 20.6. The van der Waals surface area contributed by atoms with Gasteiger partial charge in [0.15, 0.2) is 0 Å². The molecule has 1 fully saturated rings. The molecule has 178 valence electrons. The SMILES string of the molecule is NCc1ccc(Oc2cc(Oc3ccc(CN)cc3)cc(C(=O)NC3CCC(N)CC3)c2)cc1. The van der Waals surface area contributed by atoms with Gasteiger partial charge in [-0.2, -0.15) is 0 Å². The number of carbonyl (C=O) groups excluding carboxylic acids is 1. The van der Waals surface area contributed by atoms with E-state index in [0.29, 0.717) is 41.7 Å². The number of nitrogens with two attached hydrogens (primary N) is 3. The Morgan fingerprint density at radius 2 is 1.21 bits per heavy atom. The van der Waals surface area contributed by atoms with E-state index >= 15 is 0 Å². The summed E-state index contributed by atoms with van der Waals surface area (Å²) in [6.45, 7) is 0.923. The van der Waals surface area contributed by atoms with Crippen LogP contribution < -0.4 is 32.0 Å². The standard InChI is InChI=1S/C27H32N4O3/c28-16-18-1-9-23(10-2-18)33-25-13-20(27(32)31-22-7-5-21(30)6-8-22)14-26(15-25)34-24-11-3-19(17-29)4-12-24/h1-4,9-15,21-22H,5-8,16-17,28-30H2,(H,31,32). The molecule has 0 heterocycles. The number of ether oxygens (including phenoxy) is 2. The first-order valence-electron chi connectivity index (χ1n) is 11.7. The van der Waals surface area contributed by atoms with Crippen molar-refractivity contribution in [1.29, 1.82) is 0 Å². The highest BCUT2D eigenvalue weighted by molar-refractivity contribution is 5.95. The minimum Gasteiger partial charge on any atom is -0.457 e. The van der Waals surface area contributed by atoms with Crippen LogP contribution in [-0.4, -0.2) is 18.0 Å². The van der Waals surface area contributed by atoms with Gasteiger partial charge in [0.2, 0.25) is 0 Å². The Kier molecular flexibility index (Phi) is 7.80. The molecule has 0 unspecified atom stereocenters. The molecule has 7 N–H and O–H groups in total. The normalized spacial score (nSPS) is 17.7. The van der Waals surface area contributed by atoms with Gasteiger partial charge in [-0.15, -0.1) is 0 Å². The van der Waals surface area contributed by atoms with Crippen molar-refractivity contribution < 1.29 is 14.3 Å². The Labute approximate surface area is 200 Å². The van der Waals surface area contributed by atoms with Gasteiger partial charge < -0.3 is 32.0 Å². The van der Waals surface area contributed by atoms with Crippen LogP contribution >= 0.6 is 0 Å². The lowest BCUT2D eigenvalue weighted by Crippen LogP contribution is -2.40. The first-order chi connectivity index (χ1) is 16.5. The van der Waals surface area contributed by atoms with Crippen LogP contribution in [0.4, 0.5) is 0 Å². The predicted molar refractivity (Wildman–Crippen MR) is 133 cm³/mol. The van der Waals surface area contributed by atoms with Crippen LogP contribution in [0.25, 0.3) is 0 Å². The third kappa shape index (κ3) is 6.35. The molecule has 0 saturated heterocycles. The number of nitrogens with one attached hydrogen (secondary N) is 1. The van der Waals surface area contributed by atoms with Gasteiger partial charge in [0, 0.05) is 36.8 Å². The molecule has 7 heteroatoms. The molecule has 0 spiro atoms. The van der Waals surface area contributed by atoms with Crippen molar-refractivity contribution in [2.75, 3.05) is 0 Å². The molecule has 0 bridgehead atoms. The molecular weight excluding hydrogens is 428 g/mol. The van der Waals surface area contributed by atoms with Gasteiger partial charge in [0.25, 0.3) is 5.91 Å². The van der Waals surface area contributed by atoms with E-state index in [2.05, 4.69) is 5.32 Å². The smallest absolute Gasteiger partial charge is 0.251 e. The highest BCUT2D eigenvalue weighted by Crippen LogP contribution is 2.31. The van der Waals surface area contributed by atoms with E-state index in [1.165, 1.54) is 0 Å². The van der Waals surface area contributed by atoms with E-state index < -0.39 is 0 Å². The van der Waals surface area contributed by atoms with Crippen LogP contribution in [0, 0.1) is 0 Å². The largest absolute Gasteiger partial charge is 0.457 e. The molecule has 1 aliphatic rings. The first kappa shape index (κ1) is 23.8. The van der Waals surface area contributed by atoms with Crippen LogP contribution in [0.5, 0.6) is 23.0 Å². The molecule has 1 amide bonds. The zero-order valence-corrected chi connectivity index (χ0v) is 19.2. The lowest BCUT2D eigenvalue weighted by Gasteiger charge is -2.26. The lowest BCUT2D eigenvalue weighted by atomic mass is 9.91. The molecule has 1 saturated carbocycles. The number of rotatable bonds is 8. The second kappa shape index (κ2) is 11.2. The number of hydrogen-bond donors (Lipinski definition) is 4.